The lowest BCUT2D eigenvalue weighted by Gasteiger charge is -2.12. The highest BCUT2D eigenvalue weighted by atomic mass is 19.1. The van der Waals surface area contributed by atoms with Crippen LogP contribution in [0.2, 0.25) is 0 Å². The van der Waals surface area contributed by atoms with Gasteiger partial charge in [-0.3, -0.25) is 10.1 Å². The van der Waals surface area contributed by atoms with Gasteiger partial charge >= 0.3 is 0 Å². The fraction of sp³-hybridized carbons (Fsp3) is 0.250. The molecule has 0 fully saturated rings. The van der Waals surface area contributed by atoms with Gasteiger partial charge in [-0.25, -0.2) is 4.39 Å². The summed E-state index contributed by atoms with van der Waals surface area (Å²) in [6.07, 6.45) is 0. The van der Waals surface area contributed by atoms with Crippen LogP contribution >= 0.6 is 0 Å². The normalized spacial score (nSPS) is 10.7. The minimum Gasteiger partial charge on any atom is -0.375 e. The summed E-state index contributed by atoms with van der Waals surface area (Å²) < 4.78 is 14.0. The van der Waals surface area contributed by atoms with Crippen molar-refractivity contribution in [2.45, 2.75) is 13.1 Å². The Morgan fingerprint density at radius 2 is 1.95 bits per heavy atom. The minimum atomic E-state index is -0.441. The maximum atomic E-state index is 14.0. The topological polar surface area (TPSA) is 58.4 Å². The van der Waals surface area contributed by atoms with E-state index in [1.54, 1.807) is 24.3 Å². The molecule has 0 saturated carbocycles. The van der Waals surface area contributed by atoms with Crippen LogP contribution in [0, 0.1) is 15.9 Å². The monoisotopic (exact) mass is 303 g/mol. The number of nitro groups is 1. The molecule has 0 amide bonds. The van der Waals surface area contributed by atoms with Crippen molar-refractivity contribution < 1.29 is 9.31 Å². The van der Waals surface area contributed by atoms with Gasteiger partial charge in [-0.05, 0) is 31.8 Å². The Morgan fingerprint density at radius 1 is 1.23 bits per heavy atom. The van der Waals surface area contributed by atoms with Gasteiger partial charge in [-0.15, -0.1) is 0 Å². The summed E-state index contributed by atoms with van der Waals surface area (Å²) >= 11 is 0. The van der Waals surface area contributed by atoms with Gasteiger partial charge in [0, 0.05) is 24.7 Å². The van der Waals surface area contributed by atoms with Crippen molar-refractivity contribution in [2.24, 2.45) is 0 Å². The first-order valence-electron chi connectivity index (χ1n) is 6.86. The van der Waals surface area contributed by atoms with Crippen molar-refractivity contribution in [3.8, 4) is 0 Å². The highest BCUT2D eigenvalue weighted by molar-refractivity contribution is 5.61. The van der Waals surface area contributed by atoms with E-state index in [2.05, 4.69) is 5.32 Å². The molecule has 0 aliphatic carbocycles. The zero-order chi connectivity index (χ0) is 16.1. The Labute approximate surface area is 128 Å². The quantitative estimate of drug-likeness (QED) is 0.656. The highest BCUT2D eigenvalue weighted by Gasteiger charge is 2.12. The third-order valence-electron chi connectivity index (χ3n) is 3.19. The van der Waals surface area contributed by atoms with Crippen molar-refractivity contribution in [2.75, 3.05) is 19.4 Å². The number of benzene rings is 2. The molecular weight excluding hydrogens is 285 g/mol. The van der Waals surface area contributed by atoms with Gasteiger partial charge in [0.2, 0.25) is 0 Å². The van der Waals surface area contributed by atoms with Gasteiger partial charge < -0.3 is 10.2 Å². The fourth-order valence-corrected chi connectivity index (χ4v) is 2.15. The van der Waals surface area contributed by atoms with Crippen molar-refractivity contribution in [3.63, 3.8) is 0 Å². The molecule has 2 rings (SSSR count). The summed E-state index contributed by atoms with van der Waals surface area (Å²) in [5, 5.41) is 13.9. The number of nitro benzene ring substituents is 1. The van der Waals surface area contributed by atoms with Gasteiger partial charge in [-0.2, -0.15) is 0 Å². The molecule has 116 valence electrons. The average molecular weight is 303 g/mol. The molecule has 1 N–H and O–H groups in total. The van der Waals surface area contributed by atoms with E-state index in [1.165, 1.54) is 12.1 Å². The molecule has 0 bridgehead atoms. The molecule has 0 radical (unpaired) electrons. The van der Waals surface area contributed by atoms with Crippen LogP contribution in [0.3, 0.4) is 0 Å². The van der Waals surface area contributed by atoms with Gasteiger partial charge in [0.05, 0.1) is 4.92 Å². The summed E-state index contributed by atoms with van der Waals surface area (Å²) in [6.45, 7) is 0.855. The fourth-order valence-electron chi connectivity index (χ4n) is 2.15. The molecule has 2 aromatic rings. The van der Waals surface area contributed by atoms with Crippen molar-refractivity contribution >= 4 is 11.4 Å². The number of para-hydroxylation sites is 2. The zero-order valence-corrected chi connectivity index (χ0v) is 12.5. The van der Waals surface area contributed by atoms with Gasteiger partial charge in [0.25, 0.3) is 5.69 Å². The van der Waals surface area contributed by atoms with E-state index < -0.39 is 4.92 Å². The molecule has 0 aromatic heterocycles. The third-order valence-corrected chi connectivity index (χ3v) is 3.19. The molecule has 5 nitrogen and oxygen atoms in total. The van der Waals surface area contributed by atoms with Crippen LogP contribution in [0.15, 0.2) is 42.5 Å². The number of halogens is 1. The van der Waals surface area contributed by atoms with Crippen molar-refractivity contribution in [3.05, 3.63) is 69.5 Å². The Bertz CT molecular complexity index is 674. The van der Waals surface area contributed by atoms with Crippen LogP contribution in [0.1, 0.15) is 11.1 Å². The second-order valence-corrected chi connectivity index (χ2v) is 5.29. The maximum absolute atomic E-state index is 14.0. The largest absolute Gasteiger partial charge is 0.375 e. The number of nitrogens with zero attached hydrogens (tertiary/aromatic N) is 2. The second-order valence-electron chi connectivity index (χ2n) is 5.29. The predicted molar refractivity (Wildman–Crippen MR) is 84.2 cm³/mol. The molecule has 0 heterocycles. The first-order valence-corrected chi connectivity index (χ1v) is 6.86. The predicted octanol–water partition coefficient (Wildman–Crippen LogP) is 3.41. The van der Waals surface area contributed by atoms with E-state index in [4.69, 9.17) is 0 Å². The SMILES string of the molecule is CN(C)Cc1ccc(CNc2ccccc2[N+](=O)[O-])cc1F. The molecule has 0 spiro atoms. The summed E-state index contributed by atoms with van der Waals surface area (Å²) in [7, 11) is 3.76. The van der Waals surface area contributed by atoms with E-state index >= 15 is 0 Å². The number of hydrogen-bond donors (Lipinski definition) is 1. The number of anilines is 1. The van der Waals surface area contributed by atoms with Crippen molar-refractivity contribution in [1.29, 1.82) is 0 Å². The van der Waals surface area contributed by atoms with Crippen LogP contribution in [0.5, 0.6) is 0 Å². The lowest BCUT2D eigenvalue weighted by molar-refractivity contribution is -0.384. The smallest absolute Gasteiger partial charge is 0.292 e. The summed E-state index contributed by atoms with van der Waals surface area (Å²) in [6, 6.07) is 11.4. The van der Waals surface area contributed by atoms with Crippen LogP contribution in [0.4, 0.5) is 15.8 Å². The van der Waals surface area contributed by atoms with E-state index in [0.29, 0.717) is 24.3 Å². The Balaban J connectivity index is 2.09. The van der Waals surface area contributed by atoms with Gasteiger partial charge in [0.15, 0.2) is 0 Å². The van der Waals surface area contributed by atoms with Crippen molar-refractivity contribution in [1.82, 2.24) is 4.90 Å². The zero-order valence-electron chi connectivity index (χ0n) is 12.5. The van der Waals surface area contributed by atoms with Gasteiger partial charge in [-0.1, -0.05) is 24.3 Å². The summed E-state index contributed by atoms with van der Waals surface area (Å²) in [5.41, 5.74) is 1.79. The lowest BCUT2D eigenvalue weighted by Crippen LogP contribution is -2.12. The third kappa shape index (κ3) is 4.02. The molecule has 6 heteroatoms. The minimum absolute atomic E-state index is 0.00667. The standard InChI is InChI=1S/C16H18FN3O2/c1-19(2)11-13-8-7-12(9-14(13)17)10-18-15-5-3-4-6-16(15)20(21)22/h3-9,18H,10-11H2,1-2H3. The van der Waals surface area contributed by atoms with Crippen LogP contribution in [-0.2, 0) is 13.1 Å². The molecule has 0 unspecified atom stereocenters. The molecule has 0 saturated heterocycles. The molecule has 0 aliphatic heterocycles. The summed E-state index contributed by atoms with van der Waals surface area (Å²) in [4.78, 5) is 12.4. The average Bonchev–Trinajstić information content (AvgIpc) is 2.47. The summed E-state index contributed by atoms with van der Waals surface area (Å²) in [5.74, 6) is -0.268. The Kier molecular flexibility index (Phi) is 5.06. The van der Waals surface area contributed by atoms with Crippen LogP contribution in [0.25, 0.3) is 0 Å². The second kappa shape index (κ2) is 7.00. The van der Waals surface area contributed by atoms with E-state index in [-0.39, 0.29) is 11.5 Å². The maximum Gasteiger partial charge on any atom is 0.292 e. The van der Waals surface area contributed by atoms with E-state index in [0.717, 1.165) is 5.56 Å². The van der Waals surface area contributed by atoms with E-state index in [9.17, 15) is 14.5 Å². The lowest BCUT2D eigenvalue weighted by atomic mass is 10.1. The van der Waals surface area contributed by atoms with Gasteiger partial charge in [0.1, 0.15) is 11.5 Å². The number of rotatable bonds is 6. The first-order chi connectivity index (χ1) is 10.5. The Morgan fingerprint density at radius 3 is 2.59 bits per heavy atom. The Hall–Kier alpha value is -2.47. The molecule has 22 heavy (non-hydrogen) atoms. The van der Waals surface area contributed by atoms with E-state index in [1.807, 2.05) is 25.1 Å². The molecule has 2 aromatic carbocycles. The molecule has 0 aliphatic rings. The highest BCUT2D eigenvalue weighted by Crippen LogP contribution is 2.24. The van der Waals surface area contributed by atoms with Crippen LogP contribution < -0.4 is 5.32 Å². The molecule has 0 atom stereocenters. The number of hydrogen-bond acceptors (Lipinski definition) is 4. The molecular formula is C16H18FN3O2. The first kappa shape index (κ1) is 15.9. The van der Waals surface area contributed by atoms with Crippen LogP contribution in [-0.4, -0.2) is 23.9 Å². The number of nitrogens with one attached hydrogen (secondary N) is 1.